The SMILES string of the molecule is NN1CCNC1=C[N+](=O)[O-]. The van der Waals surface area contributed by atoms with Crippen LogP contribution in [-0.2, 0) is 0 Å². The van der Waals surface area contributed by atoms with Gasteiger partial charge < -0.3 is 5.32 Å². The highest BCUT2D eigenvalue weighted by atomic mass is 16.6. The van der Waals surface area contributed by atoms with E-state index in [9.17, 15) is 10.1 Å². The van der Waals surface area contributed by atoms with Gasteiger partial charge in [0.15, 0.2) is 5.82 Å². The van der Waals surface area contributed by atoms with Crippen molar-refractivity contribution in [3.8, 4) is 0 Å². The number of nitrogens with zero attached hydrogens (tertiary/aromatic N) is 2. The van der Waals surface area contributed by atoms with Crippen molar-refractivity contribution in [1.29, 1.82) is 0 Å². The molecule has 6 nitrogen and oxygen atoms in total. The number of nitrogens with two attached hydrogens (primary N) is 1. The summed E-state index contributed by atoms with van der Waals surface area (Å²) in [6, 6.07) is 0. The van der Waals surface area contributed by atoms with Gasteiger partial charge in [0, 0.05) is 6.54 Å². The summed E-state index contributed by atoms with van der Waals surface area (Å²) in [6.07, 6.45) is 0.854. The average Bonchev–Trinajstić information content (AvgIpc) is 2.15. The summed E-state index contributed by atoms with van der Waals surface area (Å²) >= 11 is 0. The van der Waals surface area contributed by atoms with Crippen LogP contribution in [0.1, 0.15) is 0 Å². The van der Waals surface area contributed by atoms with Gasteiger partial charge in [-0.1, -0.05) is 0 Å². The molecule has 0 radical (unpaired) electrons. The lowest BCUT2D eigenvalue weighted by molar-refractivity contribution is -0.404. The zero-order valence-electron chi connectivity index (χ0n) is 5.28. The molecule has 1 fully saturated rings. The quantitative estimate of drug-likeness (QED) is 0.275. The number of nitro groups is 1. The molecule has 0 bridgehead atoms. The Morgan fingerprint density at radius 1 is 1.90 bits per heavy atom. The third kappa shape index (κ3) is 1.35. The van der Waals surface area contributed by atoms with Gasteiger partial charge in [-0.05, 0) is 0 Å². The summed E-state index contributed by atoms with van der Waals surface area (Å²) in [5.74, 6) is 5.69. The van der Waals surface area contributed by atoms with Gasteiger partial charge >= 0.3 is 0 Å². The summed E-state index contributed by atoms with van der Waals surface area (Å²) in [5.41, 5.74) is 0. The van der Waals surface area contributed by atoms with Gasteiger partial charge in [0.1, 0.15) is 0 Å². The molecule has 0 aromatic rings. The van der Waals surface area contributed by atoms with Crippen LogP contribution in [0.4, 0.5) is 0 Å². The lowest BCUT2D eigenvalue weighted by atomic mass is 10.7. The largest absolute Gasteiger partial charge is 0.364 e. The molecule has 1 heterocycles. The first kappa shape index (κ1) is 6.81. The Labute approximate surface area is 57.4 Å². The Kier molecular flexibility index (Phi) is 1.72. The first-order chi connectivity index (χ1) is 4.70. The summed E-state index contributed by atoms with van der Waals surface area (Å²) in [5, 5.41) is 14.0. The van der Waals surface area contributed by atoms with Crippen LogP contribution in [0.15, 0.2) is 12.0 Å². The summed E-state index contributed by atoms with van der Waals surface area (Å²) in [6.45, 7) is 1.27. The number of nitrogens with one attached hydrogen (secondary N) is 1. The van der Waals surface area contributed by atoms with Crippen molar-refractivity contribution in [2.75, 3.05) is 13.1 Å². The van der Waals surface area contributed by atoms with Crippen LogP contribution in [0.3, 0.4) is 0 Å². The van der Waals surface area contributed by atoms with Crippen molar-refractivity contribution in [3.05, 3.63) is 22.1 Å². The molecule has 10 heavy (non-hydrogen) atoms. The average molecular weight is 144 g/mol. The van der Waals surface area contributed by atoms with E-state index >= 15 is 0 Å². The molecule has 0 aliphatic carbocycles. The van der Waals surface area contributed by atoms with Crippen LogP contribution >= 0.6 is 0 Å². The van der Waals surface area contributed by atoms with Crippen molar-refractivity contribution in [2.45, 2.75) is 0 Å². The molecule has 3 N–H and O–H groups in total. The van der Waals surface area contributed by atoms with E-state index in [1.165, 1.54) is 5.01 Å². The Balaban J connectivity index is 2.62. The highest BCUT2D eigenvalue weighted by molar-refractivity contribution is 4.97. The van der Waals surface area contributed by atoms with E-state index in [4.69, 9.17) is 5.84 Å². The van der Waals surface area contributed by atoms with Crippen molar-refractivity contribution in [3.63, 3.8) is 0 Å². The maximum Gasteiger partial charge on any atom is 0.275 e. The molecule has 0 aromatic carbocycles. The lowest BCUT2D eigenvalue weighted by Gasteiger charge is -2.06. The molecule has 0 spiro atoms. The van der Waals surface area contributed by atoms with Crippen LogP contribution in [0.5, 0.6) is 0 Å². The van der Waals surface area contributed by atoms with E-state index in [0.717, 1.165) is 6.20 Å². The maximum absolute atomic E-state index is 9.91. The second kappa shape index (κ2) is 2.53. The van der Waals surface area contributed by atoms with Crippen LogP contribution in [0.25, 0.3) is 0 Å². The Hall–Kier alpha value is -1.30. The van der Waals surface area contributed by atoms with E-state index in [1.807, 2.05) is 0 Å². The number of rotatable bonds is 1. The van der Waals surface area contributed by atoms with E-state index in [-0.39, 0.29) is 0 Å². The minimum absolute atomic E-state index is 0.366. The molecule has 1 aliphatic rings. The molecule has 0 aromatic heterocycles. The molecule has 0 amide bonds. The minimum atomic E-state index is -0.534. The lowest BCUT2D eigenvalue weighted by Crippen LogP contribution is -2.27. The van der Waals surface area contributed by atoms with Crippen molar-refractivity contribution in [1.82, 2.24) is 10.3 Å². The molecule has 56 valence electrons. The van der Waals surface area contributed by atoms with Gasteiger partial charge in [-0.3, -0.25) is 15.1 Å². The monoisotopic (exact) mass is 144 g/mol. The molecule has 1 aliphatic heterocycles. The summed E-state index contributed by atoms with van der Waals surface area (Å²) in [4.78, 5) is 9.37. The van der Waals surface area contributed by atoms with Gasteiger partial charge in [0.25, 0.3) is 6.20 Å². The fourth-order valence-corrected chi connectivity index (χ4v) is 0.746. The minimum Gasteiger partial charge on any atom is -0.364 e. The van der Waals surface area contributed by atoms with Crippen LogP contribution in [0.2, 0.25) is 0 Å². The Bertz CT molecular complexity index is 178. The first-order valence-corrected chi connectivity index (χ1v) is 2.81. The summed E-state index contributed by atoms with van der Waals surface area (Å²) in [7, 11) is 0. The van der Waals surface area contributed by atoms with Crippen molar-refractivity contribution < 1.29 is 4.92 Å². The van der Waals surface area contributed by atoms with Crippen LogP contribution in [-0.4, -0.2) is 23.0 Å². The zero-order chi connectivity index (χ0) is 7.56. The van der Waals surface area contributed by atoms with E-state index in [0.29, 0.717) is 18.9 Å². The van der Waals surface area contributed by atoms with Crippen molar-refractivity contribution >= 4 is 0 Å². The van der Waals surface area contributed by atoms with Crippen molar-refractivity contribution in [2.24, 2.45) is 5.84 Å². The fraction of sp³-hybridized carbons (Fsp3) is 0.500. The van der Waals surface area contributed by atoms with E-state index < -0.39 is 4.92 Å². The predicted molar refractivity (Wildman–Crippen MR) is 34.0 cm³/mol. The van der Waals surface area contributed by atoms with Gasteiger partial charge in [0.05, 0.1) is 11.5 Å². The second-order valence-electron chi connectivity index (χ2n) is 1.92. The molecule has 0 atom stereocenters. The van der Waals surface area contributed by atoms with Gasteiger partial charge in [-0.15, -0.1) is 0 Å². The van der Waals surface area contributed by atoms with E-state index in [1.54, 1.807) is 0 Å². The topological polar surface area (TPSA) is 84.4 Å². The maximum atomic E-state index is 9.91. The molecular weight excluding hydrogens is 136 g/mol. The molecule has 1 rings (SSSR count). The predicted octanol–water partition coefficient (Wildman–Crippen LogP) is -1.16. The normalized spacial score (nSPS) is 21.3. The highest BCUT2D eigenvalue weighted by Gasteiger charge is 2.14. The van der Waals surface area contributed by atoms with Gasteiger partial charge in [-0.25, -0.2) is 5.84 Å². The molecule has 1 saturated heterocycles. The number of hydrogen-bond donors (Lipinski definition) is 2. The summed E-state index contributed by atoms with van der Waals surface area (Å²) < 4.78 is 0. The molecular formula is C4H8N4O2. The molecule has 6 heteroatoms. The fourth-order valence-electron chi connectivity index (χ4n) is 0.746. The first-order valence-electron chi connectivity index (χ1n) is 2.81. The Morgan fingerprint density at radius 3 is 3.00 bits per heavy atom. The third-order valence-electron chi connectivity index (χ3n) is 1.20. The van der Waals surface area contributed by atoms with Crippen LogP contribution in [0, 0.1) is 10.1 Å². The van der Waals surface area contributed by atoms with Crippen LogP contribution < -0.4 is 11.2 Å². The van der Waals surface area contributed by atoms with E-state index in [2.05, 4.69) is 5.32 Å². The molecule has 0 saturated carbocycles. The highest BCUT2D eigenvalue weighted by Crippen LogP contribution is 1.99. The number of hydrogen-bond acceptors (Lipinski definition) is 5. The van der Waals surface area contributed by atoms with Gasteiger partial charge in [-0.2, -0.15) is 0 Å². The zero-order valence-corrected chi connectivity index (χ0v) is 5.28. The molecule has 0 unspecified atom stereocenters. The second-order valence-corrected chi connectivity index (χ2v) is 1.92. The number of hydrazine groups is 1. The third-order valence-corrected chi connectivity index (χ3v) is 1.20. The standard InChI is InChI=1S/C4H8N4O2/c5-7-2-1-6-4(7)3-8(9)10/h3,6H,1-2,5H2. The smallest absolute Gasteiger partial charge is 0.275 e. The van der Waals surface area contributed by atoms with Gasteiger partial charge in [0.2, 0.25) is 0 Å². The Morgan fingerprint density at radius 2 is 2.60 bits per heavy atom.